The molecule has 0 aliphatic carbocycles. The Morgan fingerprint density at radius 3 is 2.35 bits per heavy atom. The van der Waals surface area contributed by atoms with Crippen molar-refractivity contribution in [2.45, 2.75) is 0 Å². The van der Waals surface area contributed by atoms with Crippen LogP contribution in [0.2, 0.25) is 0 Å². The highest BCUT2D eigenvalue weighted by atomic mass is 32.2. The van der Waals surface area contributed by atoms with Crippen LogP contribution in [0.25, 0.3) is 10.8 Å². The van der Waals surface area contributed by atoms with E-state index in [4.69, 9.17) is 0 Å². The Labute approximate surface area is 151 Å². The first kappa shape index (κ1) is 17.0. The Bertz CT molecular complexity index is 1010. The van der Waals surface area contributed by atoms with E-state index in [0.29, 0.717) is 18.7 Å². The quantitative estimate of drug-likeness (QED) is 0.801. The smallest absolute Gasteiger partial charge is 0.259 e. The standard InChI is InChI=1S/C18H19N3O4S/c1-26(24,25)20-10-8-19(9-11-20)16(22)12-21-15-7-3-5-13-4-2-6-14(17(13)15)18(21)23/h2-7H,8-12H2,1H3. The van der Waals surface area contributed by atoms with E-state index in [1.165, 1.54) is 15.5 Å². The van der Waals surface area contributed by atoms with Crippen molar-refractivity contribution in [2.24, 2.45) is 0 Å². The summed E-state index contributed by atoms with van der Waals surface area (Å²) in [5, 5.41) is 1.86. The van der Waals surface area contributed by atoms with Gasteiger partial charge in [0.1, 0.15) is 6.54 Å². The number of piperazine rings is 1. The van der Waals surface area contributed by atoms with E-state index in [0.717, 1.165) is 16.5 Å². The van der Waals surface area contributed by atoms with Gasteiger partial charge in [0.05, 0.1) is 11.9 Å². The van der Waals surface area contributed by atoms with Crippen LogP contribution in [0.5, 0.6) is 0 Å². The van der Waals surface area contributed by atoms with Gasteiger partial charge in [-0.1, -0.05) is 24.3 Å². The molecule has 136 valence electrons. The fraction of sp³-hybridized carbons (Fsp3) is 0.333. The summed E-state index contributed by atoms with van der Waals surface area (Å²) in [5.41, 5.74) is 1.37. The van der Waals surface area contributed by atoms with Gasteiger partial charge >= 0.3 is 0 Å². The number of rotatable bonds is 3. The summed E-state index contributed by atoms with van der Waals surface area (Å²) < 4.78 is 24.5. The normalized spacial score (nSPS) is 18.0. The van der Waals surface area contributed by atoms with Crippen LogP contribution in [0.15, 0.2) is 36.4 Å². The maximum absolute atomic E-state index is 12.7. The van der Waals surface area contributed by atoms with E-state index in [2.05, 4.69) is 0 Å². The van der Waals surface area contributed by atoms with Crippen LogP contribution >= 0.6 is 0 Å². The molecule has 0 radical (unpaired) electrons. The molecule has 7 nitrogen and oxygen atoms in total. The van der Waals surface area contributed by atoms with Crippen LogP contribution in [0.1, 0.15) is 10.4 Å². The van der Waals surface area contributed by atoms with Crippen molar-refractivity contribution in [2.75, 3.05) is 43.9 Å². The molecule has 2 aliphatic rings. The summed E-state index contributed by atoms with van der Waals surface area (Å²) in [5.74, 6) is -0.337. The lowest BCUT2D eigenvalue weighted by Gasteiger charge is -2.34. The third-order valence-electron chi connectivity index (χ3n) is 5.00. The van der Waals surface area contributed by atoms with Gasteiger partial charge in [0, 0.05) is 37.1 Å². The SMILES string of the molecule is CS(=O)(=O)N1CCN(C(=O)CN2C(=O)c3cccc4cccc2c34)CC1. The first-order valence-electron chi connectivity index (χ1n) is 8.43. The van der Waals surface area contributed by atoms with E-state index < -0.39 is 10.0 Å². The Hall–Kier alpha value is -2.45. The molecule has 0 aromatic heterocycles. The number of hydrogen-bond acceptors (Lipinski definition) is 4. The fourth-order valence-electron chi connectivity index (χ4n) is 3.64. The highest BCUT2D eigenvalue weighted by Crippen LogP contribution is 2.37. The van der Waals surface area contributed by atoms with E-state index in [1.54, 1.807) is 11.0 Å². The van der Waals surface area contributed by atoms with Gasteiger partial charge in [0.15, 0.2) is 0 Å². The Balaban J connectivity index is 1.52. The minimum absolute atomic E-state index is 0.0362. The zero-order valence-electron chi connectivity index (χ0n) is 14.4. The molecule has 0 spiro atoms. The molecule has 2 aliphatic heterocycles. The summed E-state index contributed by atoms with van der Waals surface area (Å²) in [6, 6.07) is 11.3. The second-order valence-corrected chi connectivity index (χ2v) is 8.60. The zero-order valence-corrected chi connectivity index (χ0v) is 15.2. The molecule has 1 fully saturated rings. The third-order valence-corrected chi connectivity index (χ3v) is 6.31. The van der Waals surface area contributed by atoms with Crippen molar-refractivity contribution in [3.63, 3.8) is 0 Å². The molecule has 26 heavy (non-hydrogen) atoms. The molecule has 0 N–H and O–H groups in total. The largest absolute Gasteiger partial charge is 0.339 e. The van der Waals surface area contributed by atoms with Crippen LogP contribution in [0, 0.1) is 0 Å². The molecule has 0 atom stereocenters. The number of hydrogen-bond donors (Lipinski definition) is 0. The number of nitrogens with zero attached hydrogens (tertiary/aromatic N) is 3. The van der Waals surface area contributed by atoms with Crippen LogP contribution in [-0.4, -0.2) is 68.4 Å². The number of carbonyl (C=O) groups excluding carboxylic acids is 2. The van der Waals surface area contributed by atoms with Crippen molar-refractivity contribution >= 4 is 38.3 Å². The zero-order chi connectivity index (χ0) is 18.5. The van der Waals surface area contributed by atoms with E-state index in [1.807, 2.05) is 30.3 Å². The Morgan fingerprint density at radius 2 is 1.69 bits per heavy atom. The monoisotopic (exact) mass is 373 g/mol. The average molecular weight is 373 g/mol. The lowest BCUT2D eigenvalue weighted by molar-refractivity contribution is -0.130. The van der Waals surface area contributed by atoms with Crippen LogP contribution < -0.4 is 4.90 Å². The molecule has 2 aromatic carbocycles. The van der Waals surface area contributed by atoms with Gasteiger partial charge in [-0.15, -0.1) is 0 Å². The summed E-state index contributed by atoms with van der Waals surface area (Å²) >= 11 is 0. The number of anilines is 1. The highest BCUT2D eigenvalue weighted by Gasteiger charge is 2.33. The molecule has 0 bridgehead atoms. The van der Waals surface area contributed by atoms with Crippen LogP contribution in [0.3, 0.4) is 0 Å². The van der Waals surface area contributed by atoms with Gasteiger partial charge in [-0.3, -0.25) is 14.5 Å². The van der Waals surface area contributed by atoms with Gasteiger partial charge in [-0.25, -0.2) is 8.42 Å². The molecule has 2 amide bonds. The molecule has 8 heteroatoms. The van der Waals surface area contributed by atoms with Crippen LogP contribution in [0.4, 0.5) is 5.69 Å². The van der Waals surface area contributed by atoms with E-state index in [-0.39, 0.29) is 31.4 Å². The van der Waals surface area contributed by atoms with Gasteiger partial charge < -0.3 is 4.90 Å². The van der Waals surface area contributed by atoms with Crippen molar-refractivity contribution in [1.29, 1.82) is 0 Å². The van der Waals surface area contributed by atoms with Crippen molar-refractivity contribution < 1.29 is 18.0 Å². The predicted octanol–water partition coefficient (Wildman–Crippen LogP) is 0.904. The van der Waals surface area contributed by atoms with Crippen LogP contribution in [-0.2, 0) is 14.8 Å². The number of sulfonamides is 1. The Morgan fingerprint density at radius 1 is 1.04 bits per heavy atom. The third kappa shape index (κ3) is 2.75. The van der Waals surface area contributed by atoms with Gasteiger partial charge in [0.25, 0.3) is 5.91 Å². The van der Waals surface area contributed by atoms with Crippen molar-refractivity contribution in [3.8, 4) is 0 Å². The summed E-state index contributed by atoms with van der Waals surface area (Å²) in [6.45, 7) is 1.21. The molecule has 4 rings (SSSR count). The second-order valence-electron chi connectivity index (χ2n) is 6.61. The highest BCUT2D eigenvalue weighted by molar-refractivity contribution is 7.88. The van der Waals surface area contributed by atoms with Crippen molar-refractivity contribution in [1.82, 2.24) is 9.21 Å². The topological polar surface area (TPSA) is 78.0 Å². The average Bonchev–Trinajstić information content (AvgIpc) is 2.89. The van der Waals surface area contributed by atoms with E-state index in [9.17, 15) is 18.0 Å². The number of benzene rings is 2. The molecule has 2 heterocycles. The number of carbonyl (C=O) groups is 2. The first-order chi connectivity index (χ1) is 12.4. The van der Waals surface area contributed by atoms with Gasteiger partial charge in [-0.05, 0) is 17.5 Å². The minimum Gasteiger partial charge on any atom is -0.339 e. The van der Waals surface area contributed by atoms with Gasteiger partial charge in [-0.2, -0.15) is 4.31 Å². The molecule has 2 aromatic rings. The molecule has 1 saturated heterocycles. The molecule has 0 saturated carbocycles. The first-order valence-corrected chi connectivity index (χ1v) is 10.3. The molecule has 0 unspecified atom stereocenters. The maximum atomic E-state index is 12.7. The van der Waals surface area contributed by atoms with E-state index >= 15 is 0 Å². The predicted molar refractivity (Wildman–Crippen MR) is 98.6 cm³/mol. The minimum atomic E-state index is -3.24. The number of amides is 2. The fourth-order valence-corrected chi connectivity index (χ4v) is 4.47. The maximum Gasteiger partial charge on any atom is 0.259 e. The molecular weight excluding hydrogens is 354 g/mol. The summed E-state index contributed by atoms with van der Waals surface area (Å²) in [4.78, 5) is 28.6. The lowest BCUT2D eigenvalue weighted by Crippen LogP contribution is -2.52. The van der Waals surface area contributed by atoms with Gasteiger partial charge in [0.2, 0.25) is 15.9 Å². The lowest BCUT2D eigenvalue weighted by atomic mass is 10.1. The van der Waals surface area contributed by atoms with Crippen molar-refractivity contribution in [3.05, 3.63) is 42.0 Å². The molecular formula is C18H19N3O4S. The Kier molecular flexibility index (Phi) is 3.96. The summed E-state index contributed by atoms with van der Waals surface area (Å²) in [7, 11) is -3.24. The second kappa shape index (κ2) is 6.07. The summed E-state index contributed by atoms with van der Waals surface area (Å²) in [6.07, 6.45) is 1.17.